The molecule has 4 heterocycles. The quantitative estimate of drug-likeness (QED) is 0.625. The number of nitrogens with zero attached hydrogens (tertiary/aromatic N) is 6. The lowest BCUT2D eigenvalue weighted by molar-refractivity contribution is 0.184. The van der Waals surface area contributed by atoms with Crippen molar-refractivity contribution in [3.05, 3.63) is 29.6 Å². The summed E-state index contributed by atoms with van der Waals surface area (Å²) in [5.74, 6) is 2.21. The third kappa shape index (κ3) is 4.15. The van der Waals surface area contributed by atoms with E-state index < -0.39 is 0 Å². The van der Waals surface area contributed by atoms with Crippen molar-refractivity contribution in [2.45, 2.75) is 26.8 Å². The molecule has 0 bridgehead atoms. The summed E-state index contributed by atoms with van der Waals surface area (Å²) in [6, 6.07) is 4.00. The number of nitrogens with one attached hydrogen (secondary N) is 2. The molecule has 1 aliphatic rings. The van der Waals surface area contributed by atoms with Crippen molar-refractivity contribution in [1.82, 2.24) is 30.0 Å². The Balaban J connectivity index is 1.83. The number of hydrogen-bond acceptors (Lipinski definition) is 8. The van der Waals surface area contributed by atoms with Gasteiger partial charge in [-0.1, -0.05) is 13.0 Å². The molecular formula is C20H28N8O. The number of fused-ring (bicyclic) bond motifs is 1. The van der Waals surface area contributed by atoms with Crippen LogP contribution in [0, 0.1) is 6.92 Å². The predicted molar refractivity (Wildman–Crippen MR) is 114 cm³/mol. The minimum Gasteiger partial charge on any atom is -0.383 e. The van der Waals surface area contributed by atoms with E-state index in [1.165, 1.54) is 0 Å². The van der Waals surface area contributed by atoms with Gasteiger partial charge in [0.2, 0.25) is 5.95 Å². The van der Waals surface area contributed by atoms with Crippen LogP contribution in [0.15, 0.2) is 18.3 Å². The van der Waals surface area contributed by atoms with Crippen LogP contribution < -0.4 is 15.5 Å². The Hall–Kier alpha value is -2.78. The van der Waals surface area contributed by atoms with Crippen molar-refractivity contribution in [3.8, 4) is 0 Å². The molecule has 1 aliphatic heterocycles. The van der Waals surface area contributed by atoms with E-state index in [4.69, 9.17) is 19.8 Å². The maximum absolute atomic E-state index is 5.28. The molecule has 0 amide bonds. The fourth-order valence-corrected chi connectivity index (χ4v) is 3.47. The molecule has 9 heteroatoms. The van der Waals surface area contributed by atoms with E-state index in [0.717, 1.165) is 72.5 Å². The second kappa shape index (κ2) is 8.71. The van der Waals surface area contributed by atoms with Gasteiger partial charge in [-0.3, -0.25) is 4.68 Å². The first-order valence-corrected chi connectivity index (χ1v) is 10.1. The minimum absolute atomic E-state index is 0.571. The predicted octanol–water partition coefficient (Wildman–Crippen LogP) is 1.89. The van der Waals surface area contributed by atoms with Gasteiger partial charge < -0.3 is 20.3 Å². The number of aryl methyl sites for hydroxylation is 2. The van der Waals surface area contributed by atoms with E-state index in [9.17, 15) is 0 Å². The molecule has 0 aromatic carbocycles. The SMILES string of the molecule is CCc1nn(CCOC)c2c(Nc3ccc(C)cn3)nc(N3CCNCC3)nc12. The van der Waals surface area contributed by atoms with Crippen molar-refractivity contribution >= 4 is 28.6 Å². The third-order valence-corrected chi connectivity index (χ3v) is 5.04. The number of aromatic nitrogens is 5. The van der Waals surface area contributed by atoms with Crippen LogP contribution in [-0.2, 0) is 17.7 Å². The fraction of sp³-hybridized carbons (Fsp3) is 0.500. The number of ether oxygens (including phenoxy) is 1. The van der Waals surface area contributed by atoms with Gasteiger partial charge in [0, 0.05) is 39.5 Å². The smallest absolute Gasteiger partial charge is 0.228 e. The van der Waals surface area contributed by atoms with Crippen molar-refractivity contribution in [1.29, 1.82) is 0 Å². The Bertz CT molecular complexity index is 963. The molecule has 0 radical (unpaired) electrons. The fourth-order valence-electron chi connectivity index (χ4n) is 3.47. The lowest BCUT2D eigenvalue weighted by atomic mass is 10.2. The molecule has 154 valence electrons. The highest BCUT2D eigenvalue weighted by atomic mass is 16.5. The van der Waals surface area contributed by atoms with Gasteiger partial charge in [0.1, 0.15) is 16.9 Å². The number of rotatable bonds is 7. The molecule has 1 saturated heterocycles. The van der Waals surface area contributed by atoms with Crippen molar-refractivity contribution < 1.29 is 4.74 Å². The summed E-state index contributed by atoms with van der Waals surface area (Å²) in [4.78, 5) is 16.5. The molecule has 4 rings (SSSR count). The summed E-state index contributed by atoms with van der Waals surface area (Å²) in [6.45, 7) is 8.95. The zero-order valence-corrected chi connectivity index (χ0v) is 17.3. The Kier molecular flexibility index (Phi) is 5.86. The van der Waals surface area contributed by atoms with Crippen LogP contribution in [0.3, 0.4) is 0 Å². The zero-order chi connectivity index (χ0) is 20.2. The van der Waals surface area contributed by atoms with Crippen LogP contribution in [0.2, 0.25) is 0 Å². The highest BCUT2D eigenvalue weighted by molar-refractivity contribution is 5.90. The van der Waals surface area contributed by atoms with Crippen LogP contribution in [0.4, 0.5) is 17.6 Å². The highest BCUT2D eigenvalue weighted by Gasteiger charge is 2.21. The van der Waals surface area contributed by atoms with E-state index in [1.54, 1.807) is 7.11 Å². The van der Waals surface area contributed by atoms with Gasteiger partial charge in [-0.05, 0) is 25.0 Å². The van der Waals surface area contributed by atoms with Gasteiger partial charge in [0.25, 0.3) is 0 Å². The van der Waals surface area contributed by atoms with Gasteiger partial charge in [0.15, 0.2) is 5.82 Å². The monoisotopic (exact) mass is 396 g/mol. The second-order valence-corrected chi connectivity index (χ2v) is 7.17. The molecule has 2 N–H and O–H groups in total. The average molecular weight is 396 g/mol. The Labute approximate surface area is 170 Å². The molecule has 0 spiro atoms. The summed E-state index contributed by atoms with van der Waals surface area (Å²) in [5, 5.41) is 11.6. The summed E-state index contributed by atoms with van der Waals surface area (Å²) in [7, 11) is 1.70. The lowest BCUT2D eigenvalue weighted by Crippen LogP contribution is -2.44. The van der Waals surface area contributed by atoms with Crippen LogP contribution in [0.5, 0.6) is 0 Å². The van der Waals surface area contributed by atoms with Crippen LogP contribution in [0.1, 0.15) is 18.2 Å². The summed E-state index contributed by atoms with van der Waals surface area (Å²) < 4.78 is 7.22. The number of hydrogen-bond donors (Lipinski definition) is 2. The zero-order valence-electron chi connectivity index (χ0n) is 17.3. The van der Waals surface area contributed by atoms with Crippen LogP contribution >= 0.6 is 0 Å². The van der Waals surface area contributed by atoms with Gasteiger partial charge in [0.05, 0.1) is 18.8 Å². The molecule has 3 aromatic rings. The van der Waals surface area contributed by atoms with Gasteiger partial charge in [-0.2, -0.15) is 10.1 Å². The summed E-state index contributed by atoms with van der Waals surface area (Å²) in [6.07, 6.45) is 2.65. The first-order chi connectivity index (χ1) is 14.2. The first-order valence-electron chi connectivity index (χ1n) is 10.1. The molecule has 29 heavy (non-hydrogen) atoms. The third-order valence-electron chi connectivity index (χ3n) is 5.04. The molecule has 3 aromatic heterocycles. The summed E-state index contributed by atoms with van der Waals surface area (Å²) >= 11 is 0. The van der Waals surface area contributed by atoms with E-state index >= 15 is 0 Å². The largest absolute Gasteiger partial charge is 0.383 e. The summed E-state index contributed by atoms with van der Waals surface area (Å²) in [5.41, 5.74) is 3.86. The lowest BCUT2D eigenvalue weighted by Gasteiger charge is -2.27. The second-order valence-electron chi connectivity index (χ2n) is 7.17. The Morgan fingerprint density at radius 1 is 1.21 bits per heavy atom. The molecule has 9 nitrogen and oxygen atoms in total. The maximum Gasteiger partial charge on any atom is 0.228 e. The molecule has 1 fully saturated rings. The highest BCUT2D eigenvalue weighted by Crippen LogP contribution is 2.28. The van der Waals surface area contributed by atoms with Crippen molar-refractivity contribution in [3.63, 3.8) is 0 Å². The Morgan fingerprint density at radius 3 is 2.72 bits per heavy atom. The molecular weight excluding hydrogens is 368 g/mol. The normalized spacial score (nSPS) is 14.5. The van der Waals surface area contributed by atoms with E-state index in [-0.39, 0.29) is 0 Å². The number of pyridine rings is 1. The number of anilines is 3. The van der Waals surface area contributed by atoms with Crippen molar-refractivity contribution in [2.24, 2.45) is 0 Å². The maximum atomic E-state index is 5.28. The van der Waals surface area contributed by atoms with Crippen molar-refractivity contribution in [2.75, 3.05) is 50.1 Å². The van der Waals surface area contributed by atoms with Gasteiger partial charge in [-0.15, -0.1) is 0 Å². The molecule has 0 atom stereocenters. The standard InChI is InChI=1S/C20H28N8O/c1-4-15-17-18(28(26-15)11-12-29-3)19(23-16-6-5-14(2)13-22-16)25-20(24-17)27-9-7-21-8-10-27/h5-6,13,21H,4,7-12H2,1-3H3,(H,22,23,24,25). The topological polar surface area (TPSA) is 93.0 Å². The van der Waals surface area contributed by atoms with Crippen LogP contribution in [0.25, 0.3) is 11.0 Å². The minimum atomic E-state index is 0.571. The van der Waals surface area contributed by atoms with Gasteiger partial charge in [-0.25, -0.2) is 9.97 Å². The first kappa shape index (κ1) is 19.5. The van der Waals surface area contributed by atoms with Gasteiger partial charge >= 0.3 is 0 Å². The van der Waals surface area contributed by atoms with E-state index in [2.05, 4.69) is 27.4 Å². The van der Waals surface area contributed by atoms with E-state index in [0.29, 0.717) is 13.2 Å². The number of piperazine rings is 1. The Morgan fingerprint density at radius 2 is 2.03 bits per heavy atom. The average Bonchev–Trinajstić information content (AvgIpc) is 3.12. The molecule has 0 aliphatic carbocycles. The van der Waals surface area contributed by atoms with Crippen LogP contribution in [-0.4, -0.2) is 64.6 Å². The van der Waals surface area contributed by atoms with E-state index in [1.807, 2.05) is 29.9 Å². The molecule has 0 unspecified atom stereocenters. The molecule has 0 saturated carbocycles. The number of methoxy groups -OCH3 is 1.